The third-order valence-corrected chi connectivity index (χ3v) is 8.67. The Hall–Kier alpha value is -1.42. The molecule has 0 saturated heterocycles. The topological polar surface area (TPSA) is 63.6 Å². The molecular formula is C24H34O4. The lowest BCUT2D eigenvalue weighted by atomic mass is 9.46. The molecule has 0 bridgehead atoms. The molecule has 4 aliphatic carbocycles. The van der Waals surface area contributed by atoms with Gasteiger partial charge in [-0.15, -0.1) is 0 Å². The van der Waals surface area contributed by atoms with Crippen molar-refractivity contribution in [3.05, 3.63) is 23.3 Å². The quantitative estimate of drug-likeness (QED) is 0.570. The Morgan fingerprint density at radius 1 is 1.25 bits per heavy atom. The van der Waals surface area contributed by atoms with E-state index in [9.17, 15) is 14.7 Å². The molecule has 0 radical (unpaired) electrons. The second-order valence-electron chi connectivity index (χ2n) is 10.2. The number of aliphatic hydroxyl groups is 1. The van der Waals surface area contributed by atoms with Gasteiger partial charge in [0, 0.05) is 12.8 Å². The van der Waals surface area contributed by atoms with Crippen molar-refractivity contribution < 1.29 is 19.4 Å². The monoisotopic (exact) mass is 386 g/mol. The molecule has 4 aliphatic rings. The van der Waals surface area contributed by atoms with E-state index < -0.39 is 0 Å². The standard InChI is InChI=1S/C24H34O4/c1-14-12-24(4)17(11-20(14)26)5-7-18-19-8-6-16(9-10-28-15(2)25)23(19,3)13-21(27)22(18)24/h9,11,14,18-19,21-22,27H,5-8,10,12-13H2,1-4H3/t14?,18-,19-,21-,22+,23+,24-/m0/s1. The van der Waals surface area contributed by atoms with E-state index >= 15 is 0 Å². The van der Waals surface area contributed by atoms with Crippen LogP contribution in [-0.2, 0) is 14.3 Å². The highest BCUT2D eigenvalue weighted by atomic mass is 16.5. The molecule has 0 heterocycles. The van der Waals surface area contributed by atoms with Gasteiger partial charge in [-0.2, -0.15) is 0 Å². The third kappa shape index (κ3) is 2.91. The van der Waals surface area contributed by atoms with Gasteiger partial charge in [-0.1, -0.05) is 31.9 Å². The Balaban J connectivity index is 1.64. The van der Waals surface area contributed by atoms with Crippen LogP contribution in [0.25, 0.3) is 0 Å². The molecule has 0 aromatic rings. The fourth-order valence-electron chi connectivity index (χ4n) is 7.47. The summed E-state index contributed by atoms with van der Waals surface area (Å²) in [5.74, 6) is 1.37. The van der Waals surface area contributed by atoms with Crippen molar-refractivity contribution in [2.24, 2.45) is 34.5 Å². The number of carbonyl (C=O) groups is 2. The third-order valence-electron chi connectivity index (χ3n) is 8.67. The molecule has 4 nitrogen and oxygen atoms in total. The fourth-order valence-corrected chi connectivity index (χ4v) is 7.47. The Labute approximate surface area is 168 Å². The van der Waals surface area contributed by atoms with E-state index in [1.807, 2.05) is 13.0 Å². The number of hydrogen-bond donors (Lipinski definition) is 1. The molecule has 0 aromatic carbocycles. The molecule has 0 aliphatic heterocycles. The number of fused-ring (bicyclic) bond motifs is 5. The molecule has 0 amide bonds. The zero-order valence-corrected chi connectivity index (χ0v) is 17.7. The predicted molar refractivity (Wildman–Crippen MR) is 107 cm³/mol. The first-order valence-corrected chi connectivity index (χ1v) is 10.9. The van der Waals surface area contributed by atoms with Gasteiger partial charge in [0.15, 0.2) is 5.78 Å². The van der Waals surface area contributed by atoms with Crippen LogP contribution in [0.5, 0.6) is 0 Å². The highest BCUT2D eigenvalue weighted by molar-refractivity contribution is 5.93. The second kappa shape index (κ2) is 6.83. The molecule has 28 heavy (non-hydrogen) atoms. The van der Waals surface area contributed by atoms with Crippen LogP contribution in [-0.4, -0.2) is 29.6 Å². The van der Waals surface area contributed by atoms with Crippen LogP contribution < -0.4 is 0 Å². The first-order chi connectivity index (χ1) is 13.2. The maximum atomic E-state index is 12.3. The van der Waals surface area contributed by atoms with Gasteiger partial charge < -0.3 is 9.84 Å². The molecule has 154 valence electrons. The lowest BCUT2D eigenvalue weighted by molar-refractivity contribution is -0.139. The number of allylic oxidation sites excluding steroid dienone is 2. The summed E-state index contributed by atoms with van der Waals surface area (Å²) in [5, 5.41) is 11.4. The van der Waals surface area contributed by atoms with E-state index in [0.29, 0.717) is 18.4 Å². The van der Waals surface area contributed by atoms with E-state index in [1.165, 1.54) is 18.1 Å². The van der Waals surface area contributed by atoms with Gasteiger partial charge in [-0.3, -0.25) is 9.59 Å². The summed E-state index contributed by atoms with van der Waals surface area (Å²) in [7, 11) is 0. The summed E-state index contributed by atoms with van der Waals surface area (Å²) in [6.45, 7) is 8.42. The number of hydrogen-bond acceptors (Lipinski definition) is 4. The van der Waals surface area contributed by atoms with Gasteiger partial charge in [0.25, 0.3) is 0 Å². The maximum Gasteiger partial charge on any atom is 0.302 e. The zero-order valence-electron chi connectivity index (χ0n) is 17.7. The number of ketones is 1. The van der Waals surface area contributed by atoms with Crippen molar-refractivity contribution in [3.8, 4) is 0 Å². The van der Waals surface area contributed by atoms with Crippen molar-refractivity contribution in [2.75, 3.05) is 6.61 Å². The number of esters is 1. The van der Waals surface area contributed by atoms with E-state index in [2.05, 4.69) is 19.9 Å². The van der Waals surface area contributed by atoms with Crippen LogP contribution in [0.3, 0.4) is 0 Å². The van der Waals surface area contributed by atoms with E-state index in [0.717, 1.165) is 38.5 Å². The summed E-state index contributed by atoms with van der Waals surface area (Å²) < 4.78 is 5.15. The molecule has 1 N–H and O–H groups in total. The number of ether oxygens (including phenoxy) is 1. The van der Waals surface area contributed by atoms with Crippen molar-refractivity contribution in [1.29, 1.82) is 0 Å². The summed E-state index contributed by atoms with van der Waals surface area (Å²) in [5.41, 5.74) is 2.58. The van der Waals surface area contributed by atoms with Crippen LogP contribution in [0.4, 0.5) is 0 Å². The molecule has 4 rings (SSSR count). The minimum Gasteiger partial charge on any atom is -0.462 e. The minimum atomic E-state index is -0.351. The largest absolute Gasteiger partial charge is 0.462 e. The molecule has 0 spiro atoms. The first kappa shape index (κ1) is 19.9. The van der Waals surface area contributed by atoms with Gasteiger partial charge in [0.05, 0.1) is 6.10 Å². The van der Waals surface area contributed by atoms with Crippen molar-refractivity contribution in [1.82, 2.24) is 0 Å². The van der Waals surface area contributed by atoms with Crippen LogP contribution in [0.1, 0.15) is 66.2 Å². The van der Waals surface area contributed by atoms with Crippen LogP contribution in [0.15, 0.2) is 23.3 Å². The van der Waals surface area contributed by atoms with E-state index in [-0.39, 0.29) is 40.5 Å². The molecule has 0 aromatic heterocycles. The SMILES string of the molecule is CC(=O)OCC=C1CC[C@H]2[C@@H]3CCC4=CC(=O)C(C)C[C@]4(C)[C@H]3[C@@H](O)C[C@]12C. The van der Waals surface area contributed by atoms with Crippen LogP contribution in [0, 0.1) is 34.5 Å². The smallest absolute Gasteiger partial charge is 0.302 e. The van der Waals surface area contributed by atoms with Crippen molar-refractivity contribution >= 4 is 11.8 Å². The normalized spacial score (nSPS) is 46.5. The van der Waals surface area contributed by atoms with Crippen LogP contribution >= 0.6 is 0 Å². The highest BCUT2D eigenvalue weighted by Crippen LogP contribution is 2.66. The molecule has 7 atom stereocenters. The van der Waals surface area contributed by atoms with Gasteiger partial charge in [0.2, 0.25) is 0 Å². The van der Waals surface area contributed by atoms with Crippen LogP contribution in [0.2, 0.25) is 0 Å². The fraction of sp³-hybridized carbons (Fsp3) is 0.750. The predicted octanol–water partition coefficient (Wildman–Crippen LogP) is 4.22. The van der Waals surface area contributed by atoms with Gasteiger partial charge in [0.1, 0.15) is 6.61 Å². The number of aliphatic hydroxyl groups excluding tert-OH is 1. The Morgan fingerprint density at radius 2 is 2.00 bits per heavy atom. The molecular weight excluding hydrogens is 352 g/mol. The molecule has 3 fully saturated rings. The van der Waals surface area contributed by atoms with Gasteiger partial charge in [-0.25, -0.2) is 0 Å². The van der Waals surface area contributed by atoms with Crippen molar-refractivity contribution in [2.45, 2.75) is 72.3 Å². The molecule has 3 saturated carbocycles. The van der Waals surface area contributed by atoms with Gasteiger partial charge >= 0.3 is 5.97 Å². The maximum absolute atomic E-state index is 12.3. The Morgan fingerprint density at radius 3 is 2.71 bits per heavy atom. The van der Waals surface area contributed by atoms with E-state index in [1.54, 1.807) is 0 Å². The number of carbonyl (C=O) groups excluding carboxylic acids is 2. The second-order valence-corrected chi connectivity index (χ2v) is 10.2. The summed E-state index contributed by atoms with van der Waals surface area (Å²) in [6, 6.07) is 0. The average Bonchev–Trinajstić information content (AvgIpc) is 2.92. The zero-order chi connectivity index (χ0) is 20.3. The summed E-state index contributed by atoms with van der Waals surface area (Å²) >= 11 is 0. The molecule has 4 heteroatoms. The van der Waals surface area contributed by atoms with E-state index in [4.69, 9.17) is 4.74 Å². The summed E-state index contributed by atoms with van der Waals surface area (Å²) in [4.78, 5) is 23.4. The Kier molecular flexibility index (Phi) is 4.85. The lowest BCUT2D eigenvalue weighted by Gasteiger charge is -2.59. The number of rotatable bonds is 2. The minimum absolute atomic E-state index is 0.00554. The summed E-state index contributed by atoms with van der Waals surface area (Å²) in [6.07, 6.45) is 9.53. The molecule has 1 unspecified atom stereocenters. The Bertz CT molecular complexity index is 750. The average molecular weight is 387 g/mol. The van der Waals surface area contributed by atoms with Gasteiger partial charge in [-0.05, 0) is 79.3 Å². The van der Waals surface area contributed by atoms with Crippen molar-refractivity contribution in [3.63, 3.8) is 0 Å². The lowest BCUT2D eigenvalue weighted by Crippen LogP contribution is -2.56. The highest BCUT2D eigenvalue weighted by Gasteiger charge is 2.61. The first-order valence-electron chi connectivity index (χ1n) is 10.9.